The zero-order valence-corrected chi connectivity index (χ0v) is 8.49. The third-order valence-electron chi connectivity index (χ3n) is 2.16. The van der Waals surface area contributed by atoms with Gasteiger partial charge in [-0.1, -0.05) is 6.07 Å². The molecule has 0 spiro atoms. The lowest BCUT2D eigenvalue weighted by molar-refractivity contribution is 0.808. The minimum absolute atomic E-state index is 0.0634. The highest BCUT2D eigenvalue weighted by Gasteiger charge is 2.01. The van der Waals surface area contributed by atoms with Crippen molar-refractivity contribution in [2.45, 2.75) is 19.9 Å². The van der Waals surface area contributed by atoms with Crippen molar-refractivity contribution in [2.24, 2.45) is 5.73 Å². The number of hydrogen-bond donors (Lipinski definition) is 1. The van der Waals surface area contributed by atoms with Crippen LogP contribution in [0.1, 0.15) is 25.5 Å². The molecule has 1 aromatic rings. The Balaban J connectivity index is 2.81. The minimum atomic E-state index is 0.0634. The van der Waals surface area contributed by atoms with Crippen LogP contribution in [0.25, 0.3) is 0 Å². The average molecular weight is 179 g/mol. The summed E-state index contributed by atoms with van der Waals surface area (Å²) in [6, 6.07) is 4.09. The Bertz CT molecular complexity index is 253. The van der Waals surface area contributed by atoms with Crippen LogP contribution < -0.4 is 10.6 Å². The largest absolute Gasteiger partial charge is 0.360 e. The van der Waals surface area contributed by atoms with E-state index in [9.17, 15) is 0 Å². The van der Waals surface area contributed by atoms with Gasteiger partial charge in [0, 0.05) is 25.8 Å². The number of anilines is 1. The molecule has 0 aliphatic rings. The van der Waals surface area contributed by atoms with Crippen molar-refractivity contribution in [2.75, 3.05) is 18.5 Å². The van der Waals surface area contributed by atoms with Crippen LogP contribution >= 0.6 is 0 Å². The Labute approximate surface area is 79.6 Å². The third kappa shape index (κ3) is 2.42. The number of hydrogen-bond acceptors (Lipinski definition) is 3. The lowest BCUT2D eigenvalue weighted by Crippen LogP contribution is -2.17. The molecular weight excluding hydrogens is 162 g/mol. The predicted molar refractivity (Wildman–Crippen MR) is 55.8 cm³/mol. The first-order chi connectivity index (χ1) is 6.15. The number of rotatable bonds is 3. The Morgan fingerprint density at radius 3 is 2.62 bits per heavy atom. The summed E-state index contributed by atoms with van der Waals surface area (Å²) >= 11 is 0. The number of pyridine rings is 1. The van der Waals surface area contributed by atoms with Crippen molar-refractivity contribution >= 4 is 5.82 Å². The summed E-state index contributed by atoms with van der Waals surface area (Å²) in [5.41, 5.74) is 6.80. The molecule has 0 radical (unpaired) electrons. The van der Waals surface area contributed by atoms with Crippen LogP contribution in [0.2, 0.25) is 0 Å². The fourth-order valence-corrected chi connectivity index (χ4v) is 1.05. The Morgan fingerprint density at radius 1 is 1.54 bits per heavy atom. The molecule has 3 nitrogen and oxygen atoms in total. The van der Waals surface area contributed by atoms with Gasteiger partial charge in [0.05, 0.1) is 0 Å². The van der Waals surface area contributed by atoms with Gasteiger partial charge in [0.1, 0.15) is 5.82 Å². The lowest BCUT2D eigenvalue weighted by Gasteiger charge is -2.15. The average Bonchev–Trinajstić information content (AvgIpc) is 2.17. The van der Waals surface area contributed by atoms with E-state index in [2.05, 4.69) is 16.8 Å². The van der Waals surface area contributed by atoms with Gasteiger partial charge in [-0.2, -0.15) is 0 Å². The number of nitrogens with two attached hydrogens (primary N) is 1. The Morgan fingerprint density at radius 2 is 2.23 bits per heavy atom. The summed E-state index contributed by atoms with van der Waals surface area (Å²) < 4.78 is 0. The molecule has 0 aromatic carbocycles. The van der Waals surface area contributed by atoms with E-state index in [1.54, 1.807) is 0 Å². The second kappa shape index (κ2) is 4.23. The van der Waals surface area contributed by atoms with Crippen molar-refractivity contribution in [3.8, 4) is 0 Å². The molecule has 0 aliphatic carbocycles. The van der Waals surface area contributed by atoms with Crippen molar-refractivity contribution in [3.05, 3.63) is 23.9 Å². The summed E-state index contributed by atoms with van der Waals surface area (Å²) in [6.07, 6.45) is 1.84. The summed E-state index contributed by atoms with van der Waals surface area (Å²) in [6.45, 7) is 5.02. The first-order valence-electron chi connectivity index (χ1n) is 4.57. The Kier molecular flexibility index (Phi) is 3.25. The van der Waals surface area contributed by atoms with Crippen molar-refractivity contribution in [1.29, 1.82) is 0 Å². The van der Waals surface area contributed by atoms with Gasteiger partial charge in [-0.3, -0.25) is 0 Å². The monoisotopic (exact) mass is 179 g/mol. The fourth-order valence-electron chi connectivity index (χ4n) is 1.05. The number of nitrogens with zero attached hydrogens (tertiary/aromatic N) is 2. The third-order valence-corrected chi connectivity index (χ3v) is 2.16. The quantitative estimate of drug-likeness (QED) is 0.765. The molecule has 3 heteroatoms. The highest BCUT2D eigenvalue weighted by atomic mass is 15.1. The van der Waals surface area contributed by atoms with E-state index in [1.807, 2.05) is 32.3 Å². The SMILES string of the molecule is CCN(C)c1ccc([C@H](C)N)cn1. The van der Waals surface area contributed by atoms with Crippen LogP contribution in [0.3, 0.4) is 0 Å². The van der Waals surface area contributed by atoms with Gasteiger partial charge in [-0.25, -0.2) is 4.98 Å². The molecule has 0 unspecified atom stereocenters. The normalized spacial score (nSPS) is 12.6. The van der Waals surface area contributed by atoms with E-state index in [-0.39, 0.29) is 6.04 Å². The van der Waals surface area contributed by atoms with Crippen LogP contribution in [0, 0.1) is 0 Å². The smallest absolute Gasteiger partial charge is 0.128 e. The van der Waals surface area contributed by atoms with E-state index in [0.717, 1.165) is 17.9 Å². The van der Waals surface area contributed by atoms with Crippen LogP contribution in [0.15, 0.2) is 18.3 Å². The molecular formula is C10H17N3. The summed E-state index contributed by atoms with van der Waals surface area (Å²) in [5, 5.41) is 0. The molecule has 1 atom stereocenters. The van der Waals surface area contributed by atoms with E-state index >= 15 is 0 Å². The molecule has 0 aliphatic heterocycles. The van der Waals surface area contributed by atoms with Gasteiger partial charge in [0.25, 0.3) is 0 Å². The molecule has 72 valence electrons. The van der Waals surface area contributed by atoms with Gasteiger partial charge >= 0.3 is 0 Å². The van der Waals surface area contributed by atoms with Crippen molar-refractivity contribution in [3.63, 3.8) is 0 Å². The first kappa shape index (κ1) is 9.99. The molecule has 0 amide bonds. The maximum atomic E-state index is 5.72. The van der Waals surface area contributed by atoms with Gasteiger partial charge in [0.2, 0.25) is 0 Å². The summed E-state index contributed by atoms with van der Waals surface area (Å²) in [7, 11) is 2.02. The second-order valence-corrected chi connectivity index (χ2v) is 3.25. The van der Waals surface area contributed by atoms with E-state index in [4.69, 9.17) is 5.73 Å². The molecule has 1 aromatic heterocycles. The highest BCUT2D eigenvalue weighted by Crippen LogP contribution is 2.12. The van der Waals surface area contributed by atoms with Gasteiger partial charge in [-0.15, -0.1) is 0 Å². The second-order valence-electron chi connectivity index (χ2n) is 3.25. The van der Waals surface area contributed by atoms with E-state index in [0.29, 0.717) is 0 Å². The maximum absolute atomic E-state index is 5.72. The molecule has 0 saturated heterocycles. The standard InChI is InChI=1S/C10H17N3/c1-4-13(3)10-6-5-9(7-12-10)8(2)11/h5-8H,4,11H2,1-3H3/t8-/m0/s1. The molecule has 2 N–H and O–H groups in total. The predicted octanol–water partition coefficient (Wildman–Crippen LogP) is 1.56. The molecule has 13 heavy (non-hydrogen) atoms. The minimum Gasteiger partial charge on any atom is -0.360 e. The van der Waals surface area contributed by atoms with Crippen LogP contribution in [-0.2, 0) is 0 Å². The molecule has 1 heterocycles. The van der Waals surface area contributed by atoms with Crippen molar-refractivity contribution in [1.82, 2.24) is 4.98 Å². The molecule has 0 bridgehead atoms. The summed E-state index contributed by atoms with van der Waals surface area (Å²) in [5.74, 6) is 0.993. The Hall–Kier alpha value is -1.09. The van der Waals surface area contributed by atoms with E-state index in [1.165, 1.54) is 0 Å². The molecule has 0 saturated carbocycles. The zero-order chi connectivity index (χ0) is 9.84. The maximum Gasteiger partial charge on any atom is 0.128 e. The van der Waals surface area contributed by atoms with Crippen molar-refractivity contribution < 1.29 is 0 Å². The van der Waals surface area contributed by atoms with E-state index < -0.39 is 0 Å². The first-order valence-corrected chi connectivity index (χ1v) is 4.57. The number of aromatic nitrogens is 1. The lowest BCUT2D eigenvalue weighted by atomic mass is 10.1. The van der Waals surface area contributed by atoms with Crippen LogP contribution in [-0.4, -0.2) is 18.6 Å². The molecule has 0 fully saturated rings. The molecule has 1 rings (SSSR count). The summed E-state index contributed by atoms with van der Waals surface area (Å²) in [4.78, 5) is 6.40. The topological polar surface area (TPSA) is 42.1 Å². The highest BCUT2D eigenvalue weighted by molar-refractivity contribution is 5.38. The van der Waals surface area contributed by atoms with Gasteiger partial charge in [0.15, 0.2) is 0 Å². The van der Waals surface area contributed by atoms with Gasteiger partial charge in [-0.05, 0) is 25.5 Å². The van der Waals surface area contributed by atoms with Crippen LogP contribution in [0.4, 0.5) is 5.82 Å². The van der Waals surface area contributed by atoms with Gasteiger partial charge < -0.3 is 10.6 Å². The van der Waals surface area contributed by atoms with Crippen LogP contribution in [0.5, 0.6) is 0 Å². The fraction of sp³-hybridized carbons (Fsp3) is 0.500. The zero-order valence-electron chi connectivity index (χ0n) is 8.49.